The van der Waals surface area contributed by atoms with Crippen LogP contribution in [0.1, 0.15) is 24.8 Å². The van der Waals surface area contributed by atoms with Gasteiger partial charge in [0.1, 0.15) is 5.92 Å². The molecule has 2 unspecified atom stereocenters. The molecule has 1 N–H and O–H groups in total. The van der Waals surface area contributed by atoms with Gasteiger partial charge in [0.05, 0.1) is 0 Å². The van der Waals surface area contributed by atoms with Crippen molar-refractivity contribution in [1.29, 1.82) is 0 Å². The number of nitrogens with one attached hydrogen (secondary N) is 1. The molecule has 1 aliphatic heterocycles. The van der Waals surface area contributed by atoms with E-state index in [4.69, 9.17) is 11.6 Å². The zero-order chi connectivity index (χ0) is 15.6. The van der Waals surface area contributed by atoms with Gasteiger partial charge in [-0.15, -0.1) is 6.58 Å². The normalized spacial score (nSPS) is 20.2. The Kier molecular flexibility index (Phi) is 4.43. The van der Waals surface area contributed by atoms with Crippen LogP contribution >= 0.6 is 11.6 Å². The maximum Gasteiger partial charge on any atom is 0.331 e. The van der Waals surface area contributed by atoms with E-state index in [0.29, 0.717) is 17.0 Å². The molecule has 1 heterocycles. The first-order valence-electron chi connectivity index (χ1n) is 6.50. The SMILES string of the molecule is C=CCC(C)N1C(=O)NC(=O)C(c2cccc(Cl)c2)C1=O. The summed E-state index contributed by atoms with van der Waals surface area (Å²) in [6.07, 6.45) is 2.08. The molecule has 5 nitrogen and oxygen atoms in total. The van der Waals surface area contributed by atoms with Crippen LogP contribution in [-0.2, 0) is 9.59 Å². The second-order valence-electron chi connectivity index (χ2n) is 4.86. The number of hydrogen-bond donors (Lipinski definition) is 1. The van der Waals surface area contributed by atoms with Crippen LogP contribution in [0.2, 0.25) is 5.02 Å². The summed E-state index contributed by atoms with van der Waals surface area (Å²) in [6.45, 7) is 5.32. The Bertz CT molecular complexity index is 615. The fourth-order valence-corrected chi connectivity index (χ4v) is 2.53. The zero-order valence-electron chi connectivity index (χ0n) is 11.5. The predicted octanol–water partition coefficient (Wildman–Crippen LogP) is 2.47. The molecular formula is C15H15ClN2O3. The molecule has 1 aromatic carbocycles. The fourth-order valence-electron chi connectivity index (χ4n) is 2.33. The molecule has 21 heavy (non-hydrogen) atoms. The number of barbiturate groups is 1. The summed E-state index contributed by atoms with van der Waals surface area (Å²) in [5.74, 6) is -2.23. The first-order chi connectivity index (χ1) is 9.95. The Hall–Kier alpha value is -2.14. The maximum atomic E-state index is 12.5. The molecule has 1 aromatic rings. The number of rotatable bonds is 4. The predicted molar refractivity (Wildman–Crippen MR) is 78.9 cm³/mol. The number of halogens is 1. The minimum Gasteiger partial charge on any atom is -0.277 e. The van der Waals surface area contributed by atoms with Crippen LogP contribution in [0.3, 0.4) is 0 Å². The fraction of sp³-hybridized carbons (Fsp3) is 0.267. The number of benzene rings is 1. The van der Waals surface area contributed by atoms with Crippen LogP contribution in [-0.4, -0.2) is 28.8 Å². The topological polar surface area (TPSA) is 66.5 Å². The van der Waals surface area contributed by atoms with Gasteiger partial charge in [-0.1, -0.05) is 29.8 Å². The Morgan fingerprint density at radius 3 is 2.76 bits per heavy atom. The molecule has 110 valence electrons. The van der Waals surface area contributed by atoms with E-state index in [0.717, 1.165) is 4.90 Å². The molecule has 2 rings (SSSR count). The number of hydrogen-bond acceptors (Lipinski definition) is 3. The average molecular weight is 307 g/mol. The van der Waals surface area contributed by atoms with E-state index in [1.165, 1.54) is 0 Å². The van der Waals surface area contributed by atoms with Crippen molar-refractivity contribution < 1.29 is 14.4 Å². The molecule has 0 radical (unpaired) electrons. The zero-order valence-corrected chi connectivity index (χ0v) is 12.3. The maximum absolute atomic E-state index is 12.5. The summed E-state index contributed by atoms with van der Waals surface area (Å²) in [5, 5.41) is 2.64. The molecule has 0 bridgehead atoms. The number of amides is 4. The van der Waals surface area contributed by atoms with Gasteiger partial charge in [0.15, 0.2) is 0 Å². The van der Waals surface area contributed by atoms with Crippen LogP contribution < -0.4 is 5.32 Å². The third-order valence-electron chi connectivity index (χ3n) is 3.33. The molecule has 0 aliphatic carbocycles. The number of carbonyl (C=O) groups excluding carboxylic acids is 3. The van der Waals surface area contributed by atoms with Gasteiger partial charge >= 0.3 is 6.03 Å². The summed E-state index contributed by atoms with van der Waals surface area (Å²) >= 11 is 5.90. The lowest BCUT2D eigenvalue weighted by atomic mass is 9.94. The molecule has 0 saturated carbocycles. The number of urea groups is 1. The first-order valence-corrected chi connectivity index (χ1v) is 6.87. The number of carbonyl (C=O) groups is 3. The van der Waals surface area contributed by atoms with Crippen molar-refractivity contribution in [2.75, 3.05) is 0 Å². The summed E-state index contributed by atoms with van der Waals surface area (Å²) in [6, 6.07) is 5.43. The highest BCUT2D eigenvalue weighted by Crippen LogP contribution is 2.26. The minimum absolute atomic E-state index is 0.371. The number of nitrogens with zero attached hydrogens (tertiary/aromatic N) is 1. The van der Waals surface area contributed by atoms with Crippen molar-refractivity contribution in [3.8, 4) is 0 Å². The van der Waals surface area contributed by atoms with E-state index in [9.17, 15) is 14.4 Å². The van der Waals surface area contributed by atoms with E-state index >= 15 is 0 Å². The van der Waals surface area contributed by atoms with Crippen molar-refractivity contribution in [3.63, 3.8) is 0 Å². The van der Waals surface area contributed by atoms with E-state index in [2.05, 4.69) is 11.9 Å². The first kappa shape index (κ1) is 15.3. The van der Waals surface area contributed by atoms with E-state index in [1.807, 2.05) is 0 Å². The monoisotopic (exact) mass is 306 g/mol. The second-order valence-corrected chi connectivity index (χ2v) is 5.30. The average Bonchev–Trinajstić information content (AvgIpc) is 2.38. The third kappa shape index (κ3) is 2.97. The summed E-state index contributed by atoms with van der Waals surface area (Å²) < 4.78 is 0. The molecule has 6 heteroatoms. The molecular weight excluding hydrogens is 292 g/mol. The van der Waals surface area contributed by atoms with Gasteiger partial charge in [0, 0.05) is 11.1 Å². The molecule has 4 amide bonds. The summed E-state index contributed by atoms with van der Waals surface area (Å²) in [7, 11) is 0. The minimum atomic E-state index is -1.06. The standard InChI is InChI=1S/C15H15ClN2O3/c1-3-5-9(2)18-14(20)12(13(19)17-15(18)21)10-6-4-7-11(16)8-10/h3-4,6-9,12H,1,5H2,2H3,(H,17,19,21). The van der Waals surface area contributed by atoms with Gasteiger partial charge in [0.2, 0.25) is 11.8 Å². The molecule has 0 spiro atoms. The Morgan fingerprint density at radius 1 is 1.43 bits per heavy atom. The Balaban J connectivity index is 2.37. The number of imide groups is 2. The van der Waals surface area contributed by atoms with Crippen LogP contribution in [0, 0.1) is 0 Å². The largest absolute Gasteiger partial charge is 0.331 e. The summed E-state index contributed by atoms with van der Waals surface area (Å²) in [5.41, 5.74) is 0.466. The van der Waals surface area contributed by atoms with E-state index in [-0.39, 0.29) is 6.04 Å². The molecule has 1 saturated heterocycles. The van der Waals surface area contributed by atoms with Crippen molar-refractivity contribution >= 4 is 29.4 Å². The Morgan fingerprint density at radius 2 is 2.14 bits per heavy atom. The van der Waals surface area contributed by atoms with Gasteiger partial charge < -0.3 is 0 Å². The highest BCUT2D eigenvalue weighted by molar-refractivity contribution is 6.30. The van der Waals surface area contributed by atoms with Crippen molar-refractivity contribution in [2.24, 2.45) is 0 Å². The van der Waals surface area contributed by atoms with Crippen LogP contribution in [0.4, 0.5) is 4.79 Å². The van der Waals surface area contributed by atoms with Crippen molar-refractivity contribution in [1.82, 2.24) is 10.2 Å². The highest BCUT2D eigenvalue weighted by atomic mass is 35.5. The second kappa shape index (κ2) is 6.10. The van der Waals surface area contributed by atoms with Gasteiger partial charge in [0.25, 0.3) is 0 Å². The van der Waals surface area contributed by atoms with Crippen LogP contribution in [0.25, 0.3) is 0 Å². The molecule has 2 atom stereocenters. The summed E-state index contributed by atoms with van der Waals surface area (Å²) in [4.78, 5) is 37.5. The van der Waals surface area contributed by atoms with Gasteiger partial charge in [-0.2, -0.15) is 0 Å². The quantitative estimate of drug-likeness (QED) is 0.686. The lowest BCUT2D eigenvalue weighted by Gasteiger charge is -2.34. The van der Waals surface area contributed by atoms with Gasteiger partial charge in [-0.3, -0.25) is 19.8 Å². The van der Waals surface area contributed by atoms with Crippen molar-refractivity contribution in [3.05, 3.63) is 47.5 Å². The van der Waals surface area contributed by atoms with E-state index in [1.54, 1.807) is 37.3 Å². The van der Waals surface area contributed by atoms with E-state index < -0.39 is 23.8 Å². The van der Waals surface area contributed by atoms with Crippen LogP contribution in [0.15, 0.2) is 36.9 Å². The lowest BCUT2D eigenvalue weighted by molar-refractivity contribution is -0.139. The smallest absolute Gasteiger partial charge is 0.277 e. The molecule has 1 aliphatic rings. The Labute approximate surface area is 127 Å². The molecule has 0 aromatic heterocycles. The van der Waals surface area contributed by atoms with Crippen LogP contribution in [0.5, 0.6) is 0 Å². The van der Waals surface area contributed by atoms with Gasteiger partial charge in [-0.25, -0.2) is 4.79 Å². The third-order valence-corrected chi connectivity index (χ3v) is 3.56. The van der Waals surface area contributed by atoms with Gasteiger partial charge in [-0.05, 0) is 31.0 Å². The highest BCUT2D eigenvalue weighted by Gasteiger charge is 2.43. The lowest BCUT2D eigenvalue weighted by Crippen LogP contribution is -2.59. The molecule has 1 fully saturated rings. The van der Waals surface area contributed by atoms with Crippen molar-refractivity contribution in [2.45, 2.75) is 25.3 Å².